The fourth-order valence-corrected chi connectivity index (χ4v) is 1.88. The van der Waals surface area contributed by atoms with Gasteiger partial charge in [-0.25, -0.2) is 0 Å². The van der Waals surface area contributed by atoms with Crippen LogP contribution in [0.1, 0.15) is 10.4 Å². The summed E-state index contributed by atoms with van der Waals surface area (Å²) in [5.41, 5.74) is 1.50. The van der Waals surface area contributed by atoms with Crippen LogP contribution < -0.4 is 0 Å². The molecule has 0 spiro atoms. The Hall–Kier alpha value is -0.800. The first-order valence-electron chi connectivity index (χ1n) is 3.64. The number of nitrogens with one attached hydrogen (secondary N) is 1. The molecule has 2 aromatic rings. The van der Waals surface area contributed by atoms with Gasteiger partial charge >= 0.3 is 0 Å². The van der Waals surface area contributed by atoms with Gasteiger partial charge in [0.1, 0.15) is 0 Å². The molecule has 0 aliphatic carbocycles. The maximum Gasteiger partial charge on any atom is 0.152 e. The zero-order valence-electron chi connectivity index (χ0n) is 6.47. The second-order valence-corrected chi connectivity index (χ2v) is 3.85. The van der Waals surface area contributed by atoms with Crippen LogP contribution in [0.25, 0.3) is 10.9 Å². The van der Waals surface area contributed by atoms with Crippen LogP contribution in [0.3, 0.4) is 0 Å². The zero-order valence-corrected chi connectivity index (χ0v) is 8.82. The Kier molecular flexibility index (Phi) is 2.14. The van der Waals surface area contributed by atoms with Crippen LogP contribution >= 0.6 is 27.5 Å². The van der Waals surface area contributed by atoms with Gasteiger partial charge in [0.2, 0.25) is 0 Å². The summed E-state index contributed by atoms with van der Waals surface area (Å²) in [4.78, 5) is 13.6. The molecule has 0 atom stereocenters. The number of halogens is 2. The van der Waals surface area contributed by atoms with E-state index in [9.17, 15) is 4.79 Å². The highest BCUT2D eigenvalue weighted by Crippen LogP contribution is 2.31. The lowest BCUT2D eigenvalue weighted by molar-refractivity contribution is 0.112. The van der Waals surface area contributed by atoms with Gasteiger partial charge in [0.15, 0.2) is 6.29 Å². The van der Waals surface area contributed by atoms with Crippen LogP contribution in [0.5, 0.6) is 0 Å². The molecule has 2 rings (SSSR count). The molecular formula is C9H5BrClNO. The van der Waals surface area contributed by atoms with E-state index in [2.05, 4.69) is 20.9 Å². The Morgan fingerprint density at radius 1 is 1.46 bits per heavy atom. The van der Waals surface area contributed by atoms with Crippen molar-refractivity contribution in [1.29, 1.82) is 0 Å². The van der Waals surface area contributed by atoms with Crippen molar-refractivity contribution in [2.24, 2.45) is 0 Å². The van der Waals surface area contributed by atoms with Gasteiger partial charge in [-0.05, 0) is 22.0 Å². The van der Waals surface area contributed by atoms with Gasteiger partial charge in [0, 0.05) is 17.1 Å². The van der Waals surface area contributed by atoms with E-state index in [1.165, 1.54) is 0 Å². The van der Waals surface area contributed by atoms with Gasteiger partial charge < -0.3 is 4.98 Å². The molecular weight excluding hydrogens is 253 g/mol. The van der Waals surface area contributed by atoms with Gasteiger partial charge in [-0.2, -0.15) is 0 Å². The van der Waals surface area contributed by atoms with Crippen LogP contribution in [0.15, 0.2) is 22.8 Å². The molecule has 1 N–H and O–H groups in total. The summed E-state index contributed by atoms with van der Waals surface area (Å²) < 4.78 is 0.791. The topological polar surface area (TPSA) is 32.9 Å². The van der Waals surface area contributed by atoms with E-state index in [0.29, 0.717) is 10.6 Å². The van der Waals surface area contributed by atoms with Crippen LogP contribution in [-0.2, 0) is 0 Å². The number of H-pyrrole nitrogens is 1. The van der Waals surface area contributed by atoms with Gasteiger partial charge in [-0.15, -0.1) is 0 Å². The molecule has 0 unspecified atom stereocenters. The first kappa shape index (κ1) is 8.78. The second kappa shape index (κ2) is 3.16. The van der Waals surface area contributed by atoms with Crippen molar-refractivity contribution in [3.05, 3.63) is 33.4 Å². The lowest BCUT2D eigenvalue weighted by atomic mass is 10.2. The quantitative estimate of drug-likeness (QED) is 0.781. The summed E-state index contributed by atoms with van der Waals surface area (Å²) in [6, 6.07) is 3.58. The van der Waals surface area contributed by atoms with E-state index in [0.717, 1.165) is 21.7 Å². The zero-order chi connectivity index (χ0) is 9.42. The number of carbonyl (C=O) groups is 1. The molecule has 1 aromatic heterocycles. The van der Waals surface area contributed by atoms with Crippen LogP contribution in [0, 0.1) is 0 Å². The number of aromatic nitrogens is 1. The molecule has 13 heavy (non-hydrogen) atoms. The molecule has 0 fully saturated rings. The van der Waals surface area contributed by atoms with Gasteiger partial charge in [0.25, 0.3) is 0 Å². The fourth-order valence-electron chi connectivity index (χ4n) is 1.26. The third-order valence-electron chi connectivity index (χ3n) is 1.90. The normalized spacial score (nSPS) is 10.6. The summed E-state index contributed by atoms with van der Waals surface area (Å²) in [7, 11) is 0. The summed E-state index contributed by atoms with van der Waals surface area (Å²) in [5.74, 6) is 0. The molecule has 0 saturated heterocycles. The maximum absolute atomic E-state index is 10.6. The Bertz CT molecular complexity index is 478. The van der Waals surface area contributed by atoms with E-state index in [1.54, 1.807) is 12.3 Å². The summed E-state index contributed by atoms with van der Waals surface area (Å²) in [5, 5.41) is 1.51. The van der Waals surface area contributed by atoms with E-state index in [-0.39, 0.29) is 0 Å². The summed E-state index contributed by atoms with van der Waals surface area (Å²) in [6.45, 7) is 0. The highest BCUT2D eigenvalue weighted by molar-refractivity contribution is 9.10. The van der Waals surface area contributed by atoms with Gasteiger partial charge in [0.05, 0.1) is 15.0 Å². The van der Waals surface area contributed by atoms with Crippen molar-refractivity contribution < 1.29 is 4.79 Å². The standard InChI is InChI=1S/C9H5BrClNO/c10-8-7(11)2-1-6-5(4-13)3-12-9(6)8/h1-4,12H. The molecule has 0 aliphatic heterocycles. The molecule has 1 aromatic carbocycles. The van der Waals surface area contributed by atoms with E-state index in [1.807, 2.05) is 6.07 Å². The summed E-state index contributed by atoms with van der Waals surface area (Å²) >= 11 is 9.23. The van der Waals surface area contributed by atoms with Crippen molar-refractivity contribution in [2.45, 2.75) is 0 Å². The van der Waals surface area contributed by atoms with E-state index < -0.39 is 0 Å². The number of rotatable bonds is 1. The van der Waals surface area contributed by atoms with Gasteiger partial charge in [-0.1, -0.05) is 17.7 Å². The first-order valence-corrected chi connectivity index (χ1v) is 4.81. The van der Waals surface area contributed by atoms with Gasteiger partial charge in [-0.3, -0.25) is 4.79 Å². The second-order valence-electron chi connectivity index (χ2n) is 2.65. The molecule has 0 aliphatic rings. The molecule has 0 bridgehead atoms. The van der Waals surface area contributed by atoms with Crippen molar-refractivity contribution in [3.8, 4) is 0 Å². The van der Waals surface area contributed by atoms with Crippen molar-refractivity contribution in [3.63, 3.8) is 0 Å². The average molecular weight is 259 g/mol. The van der Waals surface area contributed by atoms with Crippen LogP contribution in [0.4, 0.5) is 0 Å². The number of hydrogen-bond donors (Lipinski definition) is 1. The molecule has 0 amide bonds. The molecule has 66 valence electrons. The first-order chi connectivity index (χ1) is 6.24. The minimum Gasteiger partial charge on any atom is -0.359 e. The lowest BCUT2D eigenvalue weighted by Crippen LogP contribution is -1.76. The Morgan fingerprint density at radius 2 is 2.23 bits per heavy atom. The number of fused-ring (bicyclic) bond motifs is 1. The third kappa shape index (κ3) is 1.28. The molecule has 0 saturated carbocycles. The van der Waals surface area contributed by atoms with Crippen molar-refractivity contribution in [1.82, 2.24) is 4.98 Å². The predicted molar refractivity (Wildman–Crippen MR) is 56.4 cm³/mol. The van der Waals surface area contributed by atoms with Crippen molar-refractivity contribution >= 4 is 44.7 Å². The van der Waals surface area contributed by atoms with Crippen LogP contribution in [-0.4, -0.2) is 11.3 Å². The highest BCUT2D eigenvalue weighted by Gasteiger charge is 2.07. The average Bonchev–Trinajstić information content (AvgIpc) is 2.55. The minimum absolute atomic E-state index is 0.631. The predicted octanol–water partition coefficient (Wildman–Crippen LogP) is 3.40. The van der Waals surface area contributed by atoms with E-state index >= 15 is 0 Å². The molecule has 0 radical (unpaired) electrons. The van der Waals surface area contributed by atoms with Crippen molar-refractivity contribution in [2.75, 3.05) is 0 Å². The number of carbonyl (C=O) groups excluding carboxylic acids is 1. The molecule has 2 nitrogen and oxygen atoms in total. The van der Waals surface area contributed by atoms with E-state index in [4.69, 9.17) is 11.6 Å². The fraction of sp³-hybridized carbons (Fsp3) is 0. The molecule has 1 heterocycles. The van der Waals surface area contributed by atoms with Crippen LogP contribution in [0.2, 0.25) is 5.02 Å². The minimum atomic E-state index is 0.631. The lowest BCUT2D eigenvalue weighted by Gasteiger charge is -1.96. The summed E-state index contributed by atoms with van der Waals surface area (Å²) in [6.07, 6.45) is 2.48. The third-order valence-corrected chi connectivity index (χ3v) is 3.27. The number of aldehydes is 1. The number of benzene rings is 1. The number of hydrogen-bond acceptors (Lipinski definition) is 1. The smallest absolute Gasteiger partial charge is 0.152 e. The number of aromatic amines is 1. The molecule has 4 heteroatoms. The Labute approximate surface area is 88.0 Å². The highest BCUT2D eigenvalue weighted by atomic mass is 79.9. The SMILES string of the molecule is O=Cc1c[nH]c2c(Br)c(Cl)ccc12. The maximum atomic E-state index is 10.6. The monoisotopic (exact) mass is 257 g/mol. The largest absolute Gasteiger partial charge is 0.359 e. The Morgan fingerprint density at radius 3 is 2.92 bits per heavy atom. The Balaban J connectivity index is 2.88.